The third-order valence-corrected chi connectivity index (χ3v) is 3.21. The van der Waals surface area contributed by atoms with Crippen molar-refractivity contribution in [2.75, 3.05) is 17.2 Å². The third-order valence-electron chi connectivity index (χ3n) is 3.21. The highest BCUT2D eigenvalue weighted by Crippen LogP contribution is 2.21. The van der Waals surface area contributed by atoms with E-state index in [-0.39, 0.29) is 5.91 Å². The van der Waals surface area contributed by atoms with Crippen LogP contribution in [0.25, 0.3) is 0 Å². The first kappa shape index (κ1) is 14.1. The first-order chi connectivity index (χ1) is 9.56. The highest BCUT2D eigenvalue weighted by atomic mass is 16.2. The van der Waals surface area contributed by atoms with Gasteiger partial charge in [-0.25, -0.2) is 0 Å². The molecule has 5 heteroatoms. The predicted molar refractivity (Wildman–Crippen MR) is 80.8 cm³/mol. The van der Waals surface area contributed by atoms with E-state index in [1.807, 2.05) is 45.2 Å². The topological polar surface area (TPSA) is 64.2 Å². The van der Waals surface area contributed by atoms with Crippen molar-refractivity contribution in [3.05, 3.63) is 41.7 Å². The van der Waals surface area contributed by atoms with Crippen LogP contribution in [-0.2, 0) is 13.5 Å². The van der Waals surface area contributed by atoms with Gasteiger partial charge in [0, 0.05) is 31.2 Å². The number of aromatic nitrogens is 2. The van der Waals surface area contributed by atoms with Gasteiger partial charge >= 0.3 is 0 Å². The zero-order valence-electron chi connectivity index (χ0n) is 12.1. The number of benzene rings is 1. The predicted octanol–water partition coefficient (Wildman–Crippen LogP) is 2.23. The molecule has 2 aromatic rings. The number of nitrogens with two attached hydrogens (primary N) is 1. The fraction of sp³-hybridized carbons (Fsp3) is 0.333. The fourth-order valence-corrected chi connectivity index (χ4v) is 2.26. The molecular weight excluding hydrogens is 252 g/mol. The second-order valence-electron chi connectivity index (χ2n) is 4.66. The summed E-state index contributed by atoms with van der Waals surface area (Å²) in [4.78, 5) is 14.4. The van der Waals surface area contributed by atoms with E-state index < -0.39 is 0 Å². The van der Waals surface area contributed by atoms with Crippen LogP contribution in [0.2, 0.25) is 0 Å². The number of nitrogen functional groups attached to an aromatic ring is 1. The summed E-state index contributed by atoms with van der Waals surface area (Å²) in [5, 5.41) is 4.32. The second-order valence-corrected chi connectivity index (χ2v) is 4.66. The Labute approximate surface area is 119 Å². The molecule has 0 fully saturated rings. The average molecular weight is 272 g/mol. The van der Waals surface area contributed by atoms with Crippen LogP contribution in [0.1, 0.15) is 29.9 Å². The van der Waals surface area contributed by atoms with Crippen molar-refractivity contribution < 1.29 is 4.79 Å². The van der Waals surface area contributed by atoms with Crippen molar-refractivity contribution in [2.24, 2.45) is 7.05 Å². The molecule has 2 rings (SSSR count). The minimum Gasteiger partial charge on any atom is -0.399 e. The summed E-state index contributed by atoms with van der Waals surface area (Å²) in [6.07, 6.45) is 2.51. The number of carbonyl (C=O) groups excluding carboxylic acids is 1. The molecule has 0 aliphatic rings. The van der Waals surface area contributed by atoms with Crippen molar-refractivity contribution in [1.82, 2.24) is 9.78 Å². The van der Waals surface area contributed by atoms with E-state index in [1.54, 1.807) is 15.8 Å². The van der Waals surface area contributed by atoms with Gasteiger partial charge in [-0.15, -0.1) is 0 Å². The van der Waals surface area contributed by atoms with Gasteiger partial charge < -0.3 is 10.6 Å². The lowest BCUT2D eigenvalue weighted by atomic mass is 10.1. The summed E-state index contributed by atoms with van der Waals surface area (Å²) in [5.41, 5.74) is 8.72. The van der Waals surface area contributed by atoms with Crippen LogP contribution in [0.5, 0.6) is 0 Å². The molecule has 0 spiro atoms. The molecule has 0 saturated carbocycles. The van der Waals surface area contributed by atoms with E-state index >= 15 is 0 Å². The molecule has 0 radical (unpaired) electrons. The number of nitrogens with zero attached hydrogens (tertiary/aromatic N) is 3. The Morgan fingerprint density at radius 1 is 1.40 bits per heavy atom. The molecule has 1 aromatic heterocycles. The molecule has 20 heavy (non-hydrogen) atoms. The van der Waals surface area contributed by atoms with Crippen LogP contribution in [-0.4, -0.2) is 22.2 Å². The smallest absolute Gasteiger partial charge is 0.261 e. The largest absolute Gasteiger partial charge is 0.399 e. The molecule has 106 valence electrons. The van der Waals surface area contributed by atoms with Gasteiger partial charge in [-0.05, 0) is 31.5 Å². The summed E-state index contributed by atoms with van der Waals surface area (Å²) in [7, 11) is 1.83. The maximum absolute atomic E-state index is 12.7. The first-order valence-electron chi connectivity index (χ1n) is 6.76. The summed E-state index contributed by atoms with van der Waals surface area (Å²) < 4.78 is 1.68. The highest BCUT2D eigenvalue weighted by molar-refractivity contribution is 6.06. The van der Waals surface area contributed by atoms with Gasteiger partial charge in [0.25, 0.3) is 5.91 Å². The molecule has 0 atom stereocenters. The van der Waals surface area contributed by atoms with Gasteiger partial charge in [0.2, 0.25) is 0 Å². The Bertz CT molecular complexity index is 618. The van der Waals surface area contributed by atoms with Crippen LogP contribution < -0.4 is 10.6 Å². The van der Waals surface area contributed by atoms with Crippen molar-refractivity contribution in [1.29, 1.82) is 0 Å². The molecule has 0 aliphatic carbocycles. The van der Waals surface area contributed by atoms with Crippen molar-refractivity contribution in [3.63, 3.8) is 0 Å². The molecule has 2 N–H and O–H groups in total. The summed E-state index contributed by atoms with van der Waals surface area (Å²) in [5.74, 6) is -0.0388. The summed E-state index contributed by atoms with van der Waals surface area (Å²) in [6.45, 7) is 4.53. The Morgan fingerprint density at radius 2 is 2.15 bits per heavy atom. The van der Waals surface area contributed by atoms with Gasteiger partial charge in [-0.2, -0.15) is 5.10 Å². The van der Waals surface area contributed by atoms with Gasteiger partial charge in [0.1, 0.15) is 0 Å². The van der Waals surface area contributed by atoms with E-state index in [4.69, 9.17) is 5.73 Å². The van der Waals surface area contributed by atoms with Gasteiger partial charge in [-0.1, -0.05) is 13.0 Å². The van der Waals surface area contributed by atoms with Crippen LogP contribution in [0.15, 0.2) is 30.5 Å². The Kier molecular flexibility index (Phi) is 4.08. The zero-order valence-corrected chi connectivity index (χ0v) is 12.1. The highest BCUT2D eigenvalue weighted by Gasteiger charge is 2.21. The lowest BCUT2D eigenvalue weighted by Gasteiger charge is -2.21. The number of amides is 1. The van der Waals surface area contributed by atoms with Gasteiger partial charge in [0.05, 0.1) is 11.3 Å². The van der Waals surface area contributed by atoms with Crippen molar-refractivity contribution >= 4 is 17.3 Å². The Hall–Kier alpha value is -2.30. The lowest BCUT2D eigenvalue weighted by molar-refractivity contribution is 0.0987. The van der Waals surface area contributed by atoms with Crippen LogP contribution in [0.3, 0.4) is 0 Å². The monoisotopic (exact) mass is 272 g/mol. The van der Waals surface area contributed by atoms with Gasteiger partial charge in [0.15, 0.2) is 0 Å². The van der Waals surface area contributed by atoms with Crippen molar-refractivity contribution in [3.8, 4) is 0 Å². The molecule has 0 aliphatic heterocycles. The molecular formula is C15H20N4O. The van der Waals surface area contributed by atoms with Crippen LogP contribution in [0, 0.1) is 0 Å². The molecule has 5 nitrogen and oxygen atoms in total. The van der Waals surface area contributed by atoms with E-state index in [0.717, 1.165) is 17.8 Å². The number of anilines is 2. The number of aryl methyl sites for hydroxylation is 2. The number of carbonyl (C=O) groups is 1. The van der Waals surface area contributed by atoms with E-state index in [9.17, 15) is 4.79 Å². The molecule has 0 unspecified atom stereocenters. The van der Waals surface area contributed by atoms with E-state index in [0.29, 0.717) is 17.8 Å². The quantitative estimate of drug-likeness (QED) is 0.868. The minimum absolute atomic E-state index is 0.0388. The molecule has 0 saturated heterocycles. The van der Waals surface area contributed by atoms with Crippen LogP contribution >= 0.6 is 0 Å². The first-order valence-corrected chi connectivity index (χ1v) is 6.76. The van der Waals surface area contributed by atoms with Gasteiger partial charge in [-0.3, -0.25) is 9.48 Å². The lowest BCUT2D eigenvalue weighted by Crippen LogP contribution is -2.31. The summed E-state index contributed by atoms with van der Waals surface area (Å²) in [6, 6.07) is 7.36. The van der Waals surface area contributed by atoms with E-state index in [2.05, 4.69) is 5.10 Å². The SMILES string of the molecule is CCc1nn(C)cc1C(=O)N(CC)c1cccc(N)c1. The van der Waals surface area contributed by atoms with Crippen molar-refractivity contribution in [2.45, 2.75) is 20.3 Å². The average Bonchev–Trinajstić information content (AvgIpc) is 2.81. The Morgan fingerprint density at radius 3 is 2.75 bits per heavy atom. The van der Waals surface area contributed by atoms with E-state index in [1.165, 1.54) is 0 Å². The molecule has 1 aromatic carbocycles. The molecule has 0 bridgehead atoms. The summed E-state index contributed by atoms with van der Waals surface area (Å²) >= 11 is 0. The minimum atomic E-state index is -0.0388. The molecule has 1 heterocycles. The maximum Gasteiger partial charge on any atom is 0.261 e. The third kappa shape index (κ3) is 2.66. The Balaban J connectivity index is 2.38. The molecule has 1 amide bonds. The van der Waals surface area contributed by atoms with Crippen LogP contribution in [0.4, 0.5) is 11.4 Å². The number of rotatable bonds is 4. The number of hydrogen-bond donors (Lipinski definition) is 1. The zero-order chi connectivity index (χ0) is 14.7. The second kappa shape index (κ2) is 5.77. The number of hydrogen-bond acceptors (Lipinski definition) is 3. The normalized spacial score (nSPS) is 10.6. The maximum atomic E-state index is 12.7. The fourth-order valence-electron chi connectivity index (χ4n) is 2.26. The standard InChI is InChI=1S/C15H20N4O/c1-4-14-13(10-18(3)17-14)15(20)19(5-2)12-8-6-7-11(16)9-12/h6-10H,4-5,16H2,1-3H3.